The van der Waals surface area contributed by atoms with Crippen LogP contribution in [0.3, 0.4) is 0 Å². The summed E-state index contributed by atoms with van der Waals surface area (Å²) in [6, 6.07) is 0. The highest BCUT2D eigenvalue weighted by Crippen LogP contribution is 2.70. The summed E-state index contributed by atoms with van der Waals surface area (Å²) in [6.45, 7) is 13.7. The normalized spacial score (nSPS) is 53.2. The second kappa shape index (κ2) is 24.2. The molecule has 8 fully saturated rings. The van der Waals surface area contributed by atoms with E-state index >= 15 is 0 Å². The Morgan fingerprint density at radius 3 is 2.01 bits per heavy atom. The maximum absolute atomic E-state index is 12.0. The van der Waals surface area contributed by atoms with Gasteiger partial charge < -0.3 is 89.7 Å². The molecule has 0 radical (unpaired) electrons. The van der Waals surface area contributed by atoms with Gasteiger partial charge in [-0.05, 0) is 137 Å². The molecular formula is C55H92O22. The summed E-state index contributed by atoms with van der Waals surface area (Å²) >= 11 is 0. The number of ether oxygens (including phenoxy) is 6. The molecule has 4 heterocycles. The van der Waals surface area contributed by atoms with Gasteiger partial charge in [-0.2, -0.15) is 0 Å². The molecular weight excluding hydrogens is 1010 g/mol. The van der Waals surface area contributed by atoms with Gasteiger partial charge >= 0.3 is 0 Å². The molecule has 12 N–H and O–H groups in total. The first kappa shape index (κ1) is 60.5. The molecule has 444 valence electrons. The average Bonchev–Trinajstić information content (AvgIpc) is 4.02. The molecule has 0 aromatic heterocycles. The van der Waals surface area contributed by atoms with Crippen LogP contribution in [0.2, 0.25) is 0 Å². The van der Waals surface area contributed by atoms with E-state index in [0.29, 0.717) is 29.6 Å². The van der Waals surface area contributed by atoms with Gasteiger partial charge in [0.2, 0.25) is 6.29 Å². The summed E-state index contributed by atoms with van der Waals surface area (Å²) < 4.78 is 36.1. The third-order valence-electron chi connectivity index (χ3n) is 21.1. The summed E-state index contributed by atoms with van der Waals surface area (Å²) in [5, 5.41) is 126. The molecule has 22 nitrogen and oxygen atoms in total. The smallest absolute Gasteiger partial charge is 0.220 e. The Kier molecular flexibility index (Phi) is 19.0. The fourth-order valence-corrected chi connectivity index (χ4v) is 16.0. The standard InChI is InChI=1S/C55H92O22/c1-24(21-69-77-52-48(67)45(64)42(61)37(20-57)73-52)10-15-55(7)25(2)38-36(75-55)18-35-32-9-8-30-17-31(11-13-53(30,5)34(32)12-14-54(35,38)6)76-70-22-29-16-28(19-56)49(74-51-47(66)44(63)40(59)27(4)72-51)41(60)33(29)23-68-50-46(65)43(62)39(58)26(3)71-50/h8,24-29,31-52,56-67H,9-23H2,1-7H3. The van der Waals surface area contributed by atoms with Gasteiger partial charge in [-0.3, -0.25) is 0 Å². The molecule has 4 saturated heterocycles. The lowest BCUT2D eigenvalue weighted by molar-refractivity contribution is -0.428. The Morgan fingerprint density at radius 2 is 1.32 bits per heavy atom. The monoisotopic (exact) mass is 1100 g/mol. The van der Waals surface area contributed by atoms with E-state index in [2.05, 4.69) is 40.7 Å². The van der Waals surface area contributed by atoms with Crippen LogP contribution >= 0.6 is 0 Å². The van der Waals surface area contributed by atoms with E-state index in [1.54, 1.807) is 0 Å². The van der Waals surface area contributed by atoms with E-state index in [1.165, 1.54) is 19.4 Å². The Balaban J connectivity index is 0.787. The number of hydrogen-bond acceptors (Lipinski definition) is 22. The molecule has 4 aliphatic heterocycles. The van der Waals surface area contributed by atoms with Gasteiger partial charge in [-0.25, -0.2) is 19.6 Å². The van der Waals surface area contributed by atoms with E-state index in [4.69, 9.17) is 48.0 Å². The zero-order valence-corrected chi connectivity index (χ0v) is 45.8. The molecule has 22 heteroatoms. The van der Waals surface area contributed by atoms with Gasteiger partial charge in [0.25, 0.3) is 0 Å². The van der Waals surface area contributed by atoms with Gasteiger partial charge in [-0.15, -0.1) is 0 Å². The van der Waals surface area contributed by atoms with Gasteiger partial charge in [0, 0.05) is 18.4 Å². The summed E-state index contributed by atoms with van der Waals surface area (Å²) in [5.41, 5.74) is 1.25. The molecule has 0 aromatic carbocycles. The van der Waals surface area contributed by atoms with Crippen molar-refractivity contribution in [2.45, 2.75) is 235 Å². The summed E-state index contributed by atoms with van der Waals surface area (Å²) in [6.07, 6.45) is -12.1. The molecule has 5 aliphatic carbocycles. The molecule has 77 heavy (non-hydrogen) atoms. The number of fused-ring (bicyclic) bond motifs is 7. The molecule has 9 aliphatic rings. The van der Waals surface area contributed by atoms with Crippen LogP contribution in [0, 0.1) is 64.1 Å². The third-order valence-corrected chi connectivity index (χ3v) is 21.1. The minimum absolute atomic E-state index is 0.00119. The molecule has 0 aromatic rings. The van der Waals surface area contributed by atoms with E-state index in [-0.39, 0.29) is 60.8 Å². The molecule has 31 unspecified atom stereocenters. The van der Waals surface area contributed by atoms with Crippen LogP contribution in [0.1, 0.15) is 113 Å². The van der Waals surface area contributed by atoms with Crippen molar-refractivity contribution in [1.82, 2.24) is 0 Å². The number of rotatable bonds is 18. The van der Waals surface area contributed by atoms with Crippen LogP contribution in [0.15, 0.2) is 11.6 Å². The van der Waals surface area contributed by atoms with Crippen molar-refractivity contribution >= 4 is 0 Å². The van der Waals surface area contributed by atoms with Crippen LogP contribution in [-0.4, -0.2) is 216 Å². The molecule has 0 spiro atoms. The Bertz CT molecular complexity index is 1970. The summed E-state index contributed by atoms with van der Waals surface area (Å²) in [5.74, 6) is 0.490. The molecule has 9 rings (SSSR count). The van der Waals surface area contributed by atoms with Crippen LogP contribution in [0.25, 0.3) is 0 Å². The van der Waals surface area contributed by atoms with Gasteiger partial charge in [0.15, 0.2) is 12.6 Å². The lowest BCUT2D eigenvalue weighted by Gasteiger charge is -2.58. The van der Waals surface area contributed by atoms with Gasteiger partial charge in [0.1, 0.15) is 61.0 Å². The van der Waals surface area contributed by atoms with Crippen molar-refractivity contribution in [2.75, 3.05) is 33.0 Å². The lowest BCUT2D eigenvalue weighted by Crippen LogP contribution is -2.61. The zero-order chi connectivity index (χ0) is 55.6. The lowest BCUT2D eigenvalue weighted by atomic mass is 9.46. The van der Waals surface area contributed by atoms with Crippen molar-refractivity contribution in [2.24, 2.45) is 64.1 Å². The predicted molar refractivity (Wildman–Crippen MR) is 267 cm³/mol. The largest absolute Gasteiger partial charge is 0.396 e. The second-order valence-corrected chi connectivity index (χ2v) is 25.7. The fourth-order valence-electron chi connectivity index (χ4n) is 16.0. The van der Waals surface area contributed by atoms with Gasteiger partial charge in [0.05, 0.1) is 68.7 Å². The van der Waals surface area contributed by atoms with Crippen LogP contribution in [-0.2, 0) is 48.0 Å². The predicted octanol–water partition coefficient (Wildman–Crippen LogP) is 0.112. The zero-order valence-electron chi connectivity index (χ0n) is 45.8. The molecule has 0 amide bonds. The SMILES string of the molecule is CC(CCC1(C)OC2CC3C4CC=C5CC(OOCC6CC(CO)C(OC7OC(C)C(O)C(O)C7O)C(O)C6COC6OC(C)C(O)C(O)C6O)CCC5(C)C4CCC3(C)C2C1C)COOC1OC(CO)C(O)C(O)C1O. The first-order valence-electron chi connectivity index (χ1n) is 28.7. The maximum atomic E-state index is 12.0. The highest BCUT2D eigenvalue weighted by molar-refractivity contribution is 5.26. The number of aliphatic hydroxyl groups is 12. The topological polar surface area (TPSA) is 335 Å². The summed E-state index contributed by atoms with van der Waals surface area (Å²) in [7, 11) is 0. The second-order valence-electron chi connectivity index (χ2n) is 25.7. The van der Waals surface area contributed by atoms with Crippen molar-refractivity contribution in [1.29, 1.82) is 0 Å². The average molecular weight is 1110 g/mol. The fraction of sp³-hybridized carbons (Fsp3) is 0.964. The number of hydrogen-bond donors (Lipinski definition) is 12. The van der Waals surface area contributed by atoms with Crippen LogP contribution < -0.4 is 0 Å². The first-order valence-corrected chi connectivity index (χ1v) is 28.7. The highest BCUT2D eigenvalue weighted by atomic mass is 17.2. The van der Waals surface area contributed by atoms with Crippen LogP contribution in [0.4, 0.5) is 0 Å². The Labute approximate surface area is 451 Å². The number of aliphatic hydroxyl groups excluding tert-OH is 12. The summed E-state index contributed by atoms with van der Waals surface area (Å²) in [4.78, 5) is 23.1. The van der Waals surface area contributed by atoms with Crippen molar-refractivity contribution in [3.05, 3.63) is 11.6 Å². The minimum Gasteiger partial charge on any atom is -0.396 e. The van der Waals surface area contributed by atoms with Gasteiger partial charge in [-0.1, -0.05) is 39.3 Å². The van der Waals surface area contributed by atoms with Crippen molar-refractivity contribution in [3.63, 3.8) is 0 Å². The Morgan fingerprint density at radius 1 is 0.662 bits per heavy atom. The van der Waals surface area contributed by atoms with Crippen molar-refractivity contribution in [3.8, 4) is 0 Å². The van der Waals surface area contributed by atoms with Crippen LogP contribution in [0.5, 0.6) is 0 Å². The molecule has 4 saturated carbocycles. The molecule has 0 bridgehead atoms. The maximum Gasteiger partial charge on any atom is 0.220 e. The Hall–Kier alpha value is -1.14. The van der Waals surface area contributed by atoms with E-state index in [1.807, 2.05) is 0 Å². The first-order chi connectivity index (χ1) is 36.5. The quantitative estimate of drug-likeness (QED) is 0.0492. The van der Waals surface area contributed by atoms with E-state index in [0.717, 1.165) is 57.8 Å². The highest BCUT2D eigenvalue weighted by Gasteiger charge is 2.67. The van der Waals surface area contributed by atoms with Crippen molar-refractivity contribution < 1.29 is 109 Å². The molecule has 31 atom stereocenters. The third kappa shape index (κ3) is 11.5. The minimum atomic E-state index is -1.65. The van der Waals surface area contributed by atoms with E-state index in [9.17, 15) is 61.3 Å². The van der Waals surface area contributed by atoms with E-state index < -0.39 is 135 Å². The number of allylic oxidation sites excluding steroid dienone is 1.